The Labute approximate surface area is 119 Å². The van der Waals surface area contributed by atoms with Crippen molar-refractivity contribution in [1.29, 1.82) is 0 Å². The first-order valence-electron chi connectivity index (χ1n) is 7.22. The zero-order valence-electron chi connectivity index (χ0n) is 12.4. The van der Waals surface area contributed by atoms with E-state index < -0.39 is 0 Å². The molecule has 0 aromatic carbocycles. The maximum absolute atomic E-state index is 5.18. The molecule has 0 atom stereocenters. The summed E-state index contributed by atoms with van der Waals surface area (Å²) >= 11 is 0. The molecule has 0 spiro atoms. The van der Waals surface area contributed by atoms with Crippen LogP contribution >= 0.6 is 0 Å². The summed E-state index contributed by atoms with van der Waals surface area (Å²) in [5, 5.41) is 10.0. The molecule has 2 aliphatic heterocycles. The number of aromatic nitrogens is 2. The van der Waals surface area contributed by atoms with Crippen LogP contribution in [0.5, 0.6) is 0 Å². The van der Waals surface area contributed by atoms with Gasteiger partial charge in [0.25, 0.3) is 0 Å². The van der Waals surface area contributed by atoms with E-state index >= 15 is 0 Å². The highest BCUT2D eigenvalue weighted by Crippen LogP contribution is 2.24. The molecule has 1 aromatic heterocycles. The number of hydrogen-bond acceptors (Lipinski definition) is 6. The Balaban J connectivity index is 1.81. The SMILES string of the molecule is CC(C)(C)c1cc(NC2CNC2)nc(NC2COC2)n1. The third-order valence-corrected chi connectivity index (χ3v) is 3.60. The highest BCUT2D eigenvalue weighted by molar-refractivity contribution is 5.45. The minimum Gasteiger partial charge on any atom is -0.377 e. The van der Waals surface area contributed by atoms with Gasteiger partial charge in [-0.3, -0.25) is 0 Å². The summed E-state index contributed by atoms with van der Waals surface area (Å²) in [5.74, 6) is 1.60. The summed E-state index contributed by atoms with van der Waals surface area (Å²) in [4.78, 5) is 9.22. The van der Waals surface area contributed by atoms with Crippen LogP contribution in [0, 0.1) is 0 Å². The molecule has 0 unspecified atom stereocenters. The minimum atomic E-state index is 0.00375. The first-order chi connectivity index (χ1) is 9.50. The number of rotatable bonds is 4. The lowest BCUT2D eigenvalue weighted by atomic mass is 9.92. The highest BCUT2D eigenvalue weighted by atomic mass is 16.5. The lowest BCUT2D eigenvalue weighted by Gasteiger charge is -2.30. The molecule has 3 rings (SSSR count). The van der Waals surface area contributed by atoms with Crippen LogP contribution < -0.4 is 16.0 Å². The van der Waals surface area contributed by atoms with Gasteiger partial charge in [-0.2, -0.15) is 4.98 Å². The number of nitrogens with one attached hydrogen (secondary N) is 3. The van der Waals surface area contributed by atoms with Crippen molar-refractivity contribution in [2.75, 3.05) is 36.9 Å². The van der Waals surface area contributed by atoms with Crippen LogP contribution in [-0.4, -0.2) is 48.4 Å². The molecule has 6 heteroatoms. The fraction of sp³-hybridized carbons (Fsp3) is 0.714. The van der Waals surface area contributed by atoms with Crippen molar-refractivity contribution >= 4 is 11.8 Å². The van der Waals surface area contributed by atoms with E-state index in [-0.39, 0.29) is 5.41 Å². The zero-order chi connectivity index (χ0) is 14.2. The van der Waals surface area contributed by atoms with E-state index in [9.17, 15) is 0 Å². The van der Waals surface area contributed by atoms with Crippen molar-refractivity contribution in [2.45, 2.75) is 38.3 Å². The summed E-state index contributed by atoms with van der Waals surface area (Å²) < 4.78 is 5.18. The molecule has 110 valence electrons. The molecule has 0 bridgehead atoms. The highest BCUT2D eigenvalue weighted by Gasteiger charge is 2.23. The van der Waals surface area contributed by atoms with Crippen molar-refractivity contribution in [2.24, 2.45) is 0 Å². The predicted molar refractivity (Wildman–Crippen MR) is 79.2 cm³/mol. The van der Waals surface area contributed by atoms with Crippen molar-refractivity contribution in [1.82, 2.24) is 15.3 Å². The van der Waals surface area contributed by atoms with Gasteiger partial charge in [0, 0.05) is 24.6 Å². The molecule has 1 aromatic rings. The Hall–Kier alpha value is -1.40. The van der Waals surface area contributed by atoms with Gasteiger partial charge in [-0.25, -0.2) is 4.98 Å². The van der Waals surface area contributed by atoms with Crippen molar-refractivity contribution < 1.29 is 4.74 Å². The van der Waals surface area contributed by atoms with Gasteiger partial charge in [0.05, 0.1) is 31.0 Å². The van der Waals surface area contributed by atoms with Crippen molar-refractivity contribution in [3.8, 4) is 0 Å². The molecule has 3 N–H and O–H groups in total. The average molecular weight is 277 g/mol. The second kappa shape index (κ2) is 5.18. The van der Waals surface area contributed by atoms with Crippen LogP contribution in [0.4, 0.5) is 11.8 Å². The first kappa shape index (κ1) is 13.6. The predicted octanol–water partition coefficient (Wildman–Crippen LogP) is 0.969. The van der Waals surface area contributed by atoms with Crippen LogP contribution in [0.3, 0.4) is 0 Å². The maximum atomic E-state index is 5.18. The largest absolute Gasteiger partial charge is 0.377 e. The van der Waals surface area contributed by atoms with Gasteiger partial charge in [0.2, 0.25) is 5.95 Å². The lowest BCUT2D eigenvalue weighted by Crippen LogP contribution is -2.51. The van der Waals surface area contributed by atoms with Gasteiger partial charge in [-0.05, 0) is 0 Å². The quantitative estimate of drug-likeness (QED) is 0.762. The van der Waals surface area contributed by atoms with E-state index in [1.54, 1.807) is 0 Å². The van der Waals surface area contributed by atoms with E-state index in [2.05, 4.69) is 52.8 Å². The summed E-state index contributed by atoms with van der Waals surface area (Å²) in [6.45, 7) is 9.96. The molecule has 0 saturated carbocycles. The molecule has 2 saturated heterocycles. The monoisotopic (exact) mass is 277 g/mol. The molecule has 0 amide bonds. The van der Waals surface area contributed by atoms with E-state index in [0.717, 1.165) is 37.8 Å². The van der Waals surface area contributed by atoms with Gasteiger partial charge in [0.15, 0.2) is 0 Å². The van der Waals surface area contributed by atoms with Gasteiger partial charge >= 0.3 is 0 Å². The summed E-state index contributed by atoms with van der Waals surface area (Å²) in [6, 6.07) is 2.86. The van der Waals surface area contributed by atoms with Crippen LogP contribution in [0.2, 0.25) is 0 Å². The second-order valence-electron chi connectivity index (χ2n) is 6.59. The normalized spacial score (nSPS) is 20.1. The van der Waals surface area contributed by atoms with Gasteiger partial charge in [-0.15, -0.1) is 0 Å². The topological polar surface area (TPSA) is 71.1 Å². The number of nitrogens with zero attached hydrogens (tertiary/aromatic N) is 2. The van der Waals surface area contributed by atoms with E-state index in [0.29, 0.717) is 18.0 Å². The maximum Gasteiger partial charge on any atom is 0.225 e. The number of hydrogen-bond donors (Lipinski definition) is 3. The first-order valence-corrected chi connectivity index (χ1v) is 7.22. The fourth-order valence-corrected chi connectivity index (χ4v) is 2.07. The molecular formula is C14H23N5O. The molecule has 0 aliphatic carbocycles. The zero-order valence-corrected chi connectivity index (χ0v) is 12.4. The van der Waals surface area contributed by atoms with Gasteiger partial charge in [0.1, 0.15) is 5.82 Å². The molecule has 2 aliphatic rings. The summed E-state index contributed by atoms with van der Waals surface area (Å²) in [6.07, 6.45) is 0. The van der Waals surface area contributed by atoms with E-state index in [4.69, 9.17) is 4.74 Å². The van der Waals surface area contributed by atoms with Gasteiger partial charge < -0.3 is 20.7 Å². The third kappa shape index (κ3) is 3.02. The van der Waals surface area contributed by atoms with E-state index in [1.165, 1.54) is 0 Å². The van der Waals surface area contributed by atoms with E-state index in [1.807, 2.05) is 0 Å². The van der Waals surface area contributed by atoms with Crippen LogP contribution in [0.1, 0.15) is 26.5 Å². The Morgan fingerprint density at radius 1 is 1.15 bits per heavy atom. The molecular weight excluding hydrogens is 254 g/mol. The lowest BCUT2D eigenvalue weighted by molar-refractivity contribution is 0.0208. The Morgan fingerprint density at radius 2 is 1.90 bits per heavy atom. The van der Waals surface area contributed by atoms with Crippen LogP contribution in [0.15, 0.2) is 6.07 Å². The number of ether oxygens (including phenoxy) is 1. The minimum absolute atomic E-state index is 0.00375. The molecule has 20 heavy (non-hydrogen) atoms. The summed E-state index contributed by atoms with van der Waals surface area (Å²) in [7, 11) is 0. The Morgan fingerprint density at radius 3 is 2.40 bits per heavy atom. The second-order valence-corrected chi connectivity index (χ2v) is 6.59. The summed E-state index contributed by atoms with van der Waals surface area (Å²) in [5.41, 5.74) is 1.05. The molecule has 6 nitrogen and oxygen atoms in total. The molecule has 0 radical (unpaired) electrons. The third-order valence-electron chi connectivity index (χ3n) is 3.60. The van der Waals surface area contributed by atoms with Crippen LogP contribution in [0.25, 0.3) is 0 Å². The number of anilines is 2. The smallest absolute Gasteiger partial charge is 0.225 e. The molecule has 2 fully saturated rings. The van der Waals surface area contributed by atoms with Crippen molar-refractivity contribution in [3.05, 3.63) is 11.8 Å². The van der Waals surface area contributed by atoms with Gasteiger partial charge in [-0.1, -0.05) is 20.8 Å². The van der Waals surface area contributed by atoms with Crippen molar-refractivity contribution in [3.63, 3.8) is 0 Å². The van der Waals surface area contributed by atoms with Crippen LogP contribution in [-0.2, 0) is 10.2 Å². The Kier molecular flexibility index (Phi) is 3.52. The average Bonchev–Trinajstić information content (AvgIpc) is 2.27. The standard InChI is InChI=1S/C14H23N5O/c1-14(2,3)11-4-12(16-9-5-15-6-9)19-13(18-11)17-10-7-20-8-10/h4,9-10,15H,5-8H2,1-3H3,(H2,16,17,18,19). The Bertz CT molecular complexity index is 443. The molecule has 3 heterocycles. The fourth-order valence-electron chi connectivity index (χ4n) is 2.07.